The van der Waals surface area contributed by atoms with Crippen molar-refractivity contribution in [2.45, 2.75) is 38.3 Å². The van der Waals surface area contributed by atoms with Gasteiger partial charge in [0.2, 0.25) is 17.7 Å². The summed E-state index contributed by atoms with van der Waals surface area (Å²) in [5.41, 5.74) is 1.81. The van der Waals surface area contributed by atoms with Crippen molar-refractivity contribution in [3.05, 3.63) is 41.2 Å². The highest BCUT2D eigenvalue weighted by atomic mass is 16.2. The molecular formula is C23H25N7O5. The highest BCUT2D eigenvalue weighted by Gasteiger charge is 2.39. The fraction of sp³-hybridized carbons (Fsp3) is 0.435. The van der Waals surface area contributed by atoms with Crippen molar-refractivity contribution in [2.75, 3.05) is 26.7 Å². The van der Waals surface area contributed by atoms with Crippen LogP contribution in [0.2, 0.25) is 0 Å². The van der Waals surface area contributed by atoms with E-state index in [9.17, 15) is 24.0 Å². The van der Waals surface area contributed by atoms with E-state index in [1.54, 1.807) is 30.1 Å². The molecule has 1 atom stereocenters. The van der Waals surface area contributed by atoms with Crippen LogP contribution in [-0.2, 0) is 20.9 Å². The van der Waals surface area contributed by atoms with Crippen molar-refractivity contribution in [3.8, 4) is 5.69 Å². The van der Waals surface area contributed by atoms with Gasteiger partial charge in [-0.05, 0) is 37.0 Å². The Bertz CT molecular complexity index is 1230. The molecule has 3 aliphatic heterocycles. The predicted octanol–water partition coefficient (Wildman–Crippen LogP) is -0.277. The second-order valence-corrected chi connectivity index (χ2v) is 9.04. The van der Waals surface area contributed by atoms with Gasteiger partial charge in [-0.1, -0.05) is 11.3 Å². The lowest BCUT2D eigenvalue weighted by Gasteiger charge is -2.29. The first kappa shape index (κ1) is 22.7. The second-order valence-electron chi connectivity index (χ2n) is 9.04. The Hall–Kier alpha value is -4.09. The summed E-state index contributed by atoms with van der Waals surface area (Å²) >= 11 is 0. The summed E-state index contributed by atoms with van der Waals surface area (Å²) in [6.07, 6.45) is 3.89. The first-order valence-corrected chi connectivity index (χ1v) is 11.6. The highest BCUT2D eigenvalue weighted by molar-refractivity contribution is 6.05. The SMILES string of the molecule is CN(CC(=O)N1CCCC1)C(=O)c1cn(-c2ccc3c(c2)C(=O)N(C2CCC(=O)NC2=O)C3)nn1. The number of carbonyl (C=O) groups excluding carboxylic acids is 5. The minimum Gasteiger partial charge on any atom is -0.341 e. The molecule has 0 radical (unpaired) electrons. The lowest BCUT2D eigenvalue weighted by atomic mass is 10.0. The van der Waals surface area contributed by atoms with E-state index in [-0.39, 0.29) is 42.9 Å². The molecule has 0 aliphatic carbocycles. The molecule has 4 heterocycles. The summed E-state index contributed by atoms with van der Waals surface area (Å²) in [6, 6.07) is 4.49. The molecule has 5 amide bonds. The molecule has 5 rings (SSSR count). The maximum Gasteiger partial charge on any atom is 0.276 e. The number of fused-ring (bicyclic) bond motifs is 1. The summed E-state index contributed by atoms with van der Waals surface area (Å²) in [7, 11) is 1.55. The molecule has 1 aromatic carbocycles. The fourth-order valence-electron chi connectivity index (χ4n) is 4.71. The number of likely N-dealkylation sites (tertiary alicyclic amines) is 1. The van der Waals surface area contributed by atoms with E-state index in [0.29, 0.717) is 17.7 Å². The Morgan fingerprint density at radius 3 is 2.69 bits per heavy atom. The lowest BCUT2D eigenvalue weighted by Crippen LogP contribution is -2.52. The first-order chi connectivity index (χ1) is 16.8. The number of nitrogens with zero attached hydrogens (tertiary/aromatic N) is 6. The number of aromatic nitrogens is 3. The van der Waals surface area contributed by atoms with E-state index in [1.807, 2.05) is 0 Å². The topological polar surface area (TPSA) is 138 Å². The molecule has 0 bridgehead atoms. The van der Waals surface area contributed by atoms with Crippen LogP contribution in [0, 0.1) is 0 Å². The smallest absolute Gasteiger partial charge is 0.276 e. The van der Waals surface area contributed by atoms with Crippen molar-refractivity contribution < 1.29 is 24.0 Å². The molecule has 0 spiro atoms. The van der Waals surface area contributed by atoms with Crippen LogP contribution in [0.5, 0.6) is 0 Å². The van der Waals surface area contributed by atoms with Gasteiger partial charge in [0.25, 0.3) is 11.8 Å². The van der Waals surface area contributed by atoms with Gasteiger partial charge in [-0.15, -0.1) is 5.10 Å². The monoisotopic (exact) mass is 479 g/mol. The number of piperidine rings is 1. The van der Waals surface area contributed by atoms with Gasteiger partial charge in [0.15, 0.2) is 5.69 Å². The Morgan fingerprint density at radius 1 is 1.17 bits per heavy atom. The van der Waals surface area contributed by atoms with Crippen molar-refractivity contribution in [2.24, 2.45) is 0 Å². The zero-order valence-electron chi connectivity index (χ0n) is 19.3. The molecule has 1 aromatic heterocycles. The fourth-order valence-corrected chi connectivity index (χ4v) is 4.71. The summed E-state index contributed by atoms with van der Waals surface area (Å²) in [5, 5.41) is 10.3. The molecule has 0 saturated carbocycles. The van der Waals surface area contributed by atoms with Gasteiger partial charge in [0, 0.05) is 38.7 Å². The van der Waals surface area contributed by atoms with Crippen molar-refractivity contribution in [1.82, 2.24) is 35.0 Å². The number of hydrogen-bond acceptors (Lipinski definition) is 7. The van der Waals surface area contributed by atoms with E-state index in [1.165, 1.54) is 20.7 Å². The molecular weight excluding hydrogens is 454 g/mol. The van der Waals surface area contributed by atoms with E-state index < -0.39 is 17.9 Å². The minimum absolute atomic E-state index is 0.0325. The van der Waals surface area contributed by atoms with E-state index in [4.69, 9.17) is 0 Å². The summed E-state index contributed by atoms with van der Waals surface area (Å²) < 4.78 is 1.39. The number of rotatable bonds is 5. The second kappa shape index (κ2) is 8.93. The third-order valence-electron chi connectivity index (χ3n) is 6.67. The van der Waals surface area contributed by atoms with Gasteiger partial charge in [-0.2, -0.15) is 0 Å². The molecule has 2 fully saturated rings. The molecule has 1 unspecified atom stereocenters. The standard InChI is InChI=1S/C23H25N7O5/c1-27(13-20(32)28-8-2-3-9-28)23(35)17-12-30(26-25-17)15-5-4-14-11-29(22(34)16(14)10-15)18-6-7-19(31)24-21(18)33/h4-5,10,12,18H,2-3,6-9,11,13H2,1H3,(H,24,31,33). The normalized spacial score (nSPS) is 19.7. The van der Waals surface area contributed by atoms with Gasteiger partial charge in [-0.3, -0.25) is 29.3 Å². The van der Waals surface area contributed by atoms with Crippen molar-refractivity contribution in [3.63, 3.8) is 0 Å². The van der Waals surface area contributed by atoms with E-state index in [2.05, 4.69) is 15.6 Å². The molecule has 2 saturated heterocycles. The maximum absolute atomic E-state index is 13.0. The summed E-state index contributed by atoms with van der Waals surface area (Å²) in [4.78, 5) is 66.4. The molecule has 2 aromatic rings. The number of carbonyl (C=O) groups is 5. The molecule has 12 nitrogen and oxygen atoms in total. The number of nitrogens with one attached hydrogen (secondary N) is 1. The highest BCUT2D eigenvalue weighted by Crippen LogP contribution is 2.29. The first-order valence-electron chi connectivity index (χ1n) is 11.6. The summed E-state index contributed by atoms with van der Waals surface area (Å²) in [6.45, 7) is 1.68. The zero-order chi connectivity index (χ0) is 24.7. The van der Waals surface area contributed by atoms with Crippen LogP contribution >= 0.6 is 0 Å². The third-order valence-corrected chi connectivity index (χ3v) is 6.67. The van der Waals surface area contributed by atoms with Crippen molar-refractivity contribution in [1.29, 1.82) is 0 Å². The minimum atomic E-state index is -0.689. The van der Waals surface area contributed by atoms with Gasteiger partial charge in [-0.25, -0.2) is 4.68 Å². The van der Waals surface area contributed by atoms with Crippen LogP contribution in [0.1, 0.15) is 52.1 Å². The Balaban J connectivity index is 1.28. The van der Waals surface area contributed by atoms with Gasteiger partial charge in [0.1, 0.15) is 6.04 Å². The van der Waals surface area contributed by atoms with Crippen LogP contribution in [-0.4, -0.2) is 92.0 Å². The number of benzene rings is 1. The molecule has 1 N–H and O–H groups in total. The van der Waals surface area contributed by atoms with Gasteiger partial charge < -0.3 is 14.7 Å². The molecule has 182 valence electrons. The number of hydrogen-bond donors (Lipinski definition) is 1. The molecule has 35 heavy (non-hydrogen) atoms. The average molecular weight is 479 g/mol. The average Bonchev–Trinajstić information content (AvgIpc) is 3.59. The molecule has 12 heteroatoms. The van der Waals surface area contributed by atoms with Crippen LogP contribution in [0.25, 0.3) is 5.69 Å². The van der Waals surface area contributed by atoms with Crippen LogP contribution < -0.4 is 5.32 Å². The Labute approximate surface area is 200 Å². The predicted molar refractivity (Wildman–Crippen MR) is 120 cm³/mol. The van der Waals surface area contributed by atoms with Crippen molar-refractivity contribution >= 4 is 29.5 Å². The van der Waals surface area contributed by atoms with E-state index >= 15 is 0 Å². The van der Waals surface area contributed by atoms with Gasteiger partial charge in [0.05, 0.1) is 18.4 Å². The van der Waals surface area contributed by atoms with Crippen LogP contribution in [0.15, 0.2) is 24.4 Å². The number of amides is 5. The largest absolute Gasteiger partial charge is 0.341 e. The lowest BCUT2D eigenvalue weighted by molar-refractivity contribution is -0.137. The van der Waals surface area contributed by atoms with E-state index in [0.717, 1.165) is 31.5 Å². The Kier molecular flexibility index (Phi) is 5.79. The van der Waals surface area contributed by atoms with Crippen LogP contribution in [0.3, 0.4) is 0 Å². The van der Waals surface area contributed by atoms with Gasteiger partial charge >= 0.3 is 0 Å². The Morgan fingerprint density at radius 2 is 1.94 bits per heavy atom. The number of imide groups is 1. The summed E-state index contributed by atoms with van der Waals surface area (Å²) in [5.74, 6) is -1.61. The van der Waals surface area contributed by atoms with Crippen LogP contribution in [0.4, 0.5) is 0 Å². The molecule has 3 aliphatic rings. The quantitative estimate of drug-likeness (QED) is 0.582. The third kappa shape index (κ3) is 4.27. The maximum atomic E-state index is 13.0. The zero-order valence-corrected chi connectivity index (χ0v) is 19.3. The number of likely N-dealkylation sites (N-methyl/N-ethyl adjacent to an activating group) is 1.